The Morgan fingerprint density at radius 1 is 0.667 bits per heavy atom. The van der Waals surface area contributed by atoms with Crippen molar-refractivity contribution in [1.82, 2.24) is 9.97 Å². The molecule has 0 aliphatic rings. The monoisotopic (exact) mass is 310 g/mol. The van der Waals surface area contributed by atoms with Gasteiger partial charge in [-0.15, -0.1) is 0 Å². The first-order chi connectivity index (χ1) is 11.7. The van der Waals surface area contributed by atoms with Crippen molar-refractivity contribution >= 4 is 10.8 Å². The molecule has 0 radical (unpaired) electrons. The molecule has 0 amide bonds. The maximum atomic E-state index is 4.53. The van der Waals surface area contributed by atoms with Crippen molar-refractivity contribution in [3.8, 4) is 22.4 Å². The molecular formula is C22H18N2. The van der Waals surface area contributed by atoms with E-state index >= 15 is 0 Å². The fourth-order valence-corrected chi connectivity index (χ4v) is 3.07. The summed E-state index contributed by atoms with van der Waals surface area (Å²) in [5.41, 5.74) is 6.40. The van der Waals surface area contributed by atoms with Crippen LogP contribution in [0.4, 0.5) is 0 Å². The van der Waals surface area contributed by atoms with Crippen molar-refractivity contribution in [3.63, 3.8) is 0 Å². The Kier molecular flexibility index (Phi) is 3.58. The van der Waals surface area contributed by atoms with E-state index in [9.17, 15) is 0 Å². The summed E-state index contributed by atoms with van der Waals surface area (Å²) in [6.45, 7) is 3.97. The van der Waals surface area contributed by atoms with Gasteiger partial charge in [0, 0.05) is 11.8 Å². The highest BCUT2D eigenvalue weighted by atomic mass is 14.8. The smallest absolute Gasteiger partial charge is 0.0914 e. The third-order valence-corrected chi connectivity index (χ3v) is 4.31. The van der Waals surface area contributed by atoms with Crippen LogP contribution < -0.4 is 0 Å². The van der Waals surface area contributed by atoms with E-state index in [0.29, 0.717) is 0 Å². The van der Waals surface area contributed by atoms with Crippen LogP contribution in [0.25, 0.3) is 33.2 Å². The molecule has 116 valence electrons. The minimum atomic E-state index is 0.948. The van der Waals surface area contributed by atoms with Crippen LogP contribution in [0.1, 0.15) is 11.4 Å². The molecule has 0 bridgehead atoms. The third kappa shape index (κ3) is 2.67. The Morgan fingerprint density at radius 3 is 2.08 bits per heavy atom. The highest BCUT2D eigenvalue weighted by Gasteiger charge is 2.06. The van der Waals surface area contributed by atoms with Crippen LogP contribution in [0.3, 0.4) is 0 Å². The van der Waals surface area contributed by atoms with E-state index in [1.54, 1.807) is 0 Å². The lowest BCUT2D eigenvalue weighted by atomic mass is 9.99. The number of hydrogen-bond donors (Lipinski definition) is 0. The third-order valence-electron chi connectivity index (χ3n) is 4.31. The van der Waals surface area contributed by atoms with Crippen LogP contribution in [0.5, 0.6) is 0 Å². The Bertz CT molecular complexity index is 1020. The summed E-state index contributed by atoms with van der Waals surface area (Å²) < 4.78 is 0. The van der Waals surface area contributed by atoms with Crippen molar-refractivity contribution in [2.24, 2.45) is 0 Å². The van der Waals surface area contributed by atoms with Gasteiger partial charge in [0.1, 0.15) is 0 Å². The summed E-state index contributed by atoms with van der Waals surface area (Å²) in [7, 11) is 0. The van der Waals surface area contributed by atoms with E-state index in [0.717, 1.165) is 22.6 Å². The highest BCUT2D eigenvalue weighted by Crippen LogP contribution is 2.27. The number of nitrogens with zero attached hydrogens (tertiary/aromatic N) is 2. The molecule has 1 heterocycles. The van der Waals surface area contributed by atoms with Gasteiger partial charge in [0.15, 0.2) is 0 Å². The predicted molar refractivity (Wildman–Crippen MR) is 99.9 cm³/mol. The summed E-state index contributed by atoms with van der Waals surface area (Å²) >= 11 is 0. The van der Waals surface area contributed by atoms with Crippen LogP contribution >= 0.6 is 0 Å². The van der Waals surface area contributed by atoms with Gasteiger partial charge in [-0.25, -0.2) is 0 Å². The molecule has 1 aromatic heterocycles. The fraction of sp³-hybridized carbons (Fsp3) is 0.0909. The van der Waals surface area contributed by atoms with Crippen LogP contribution in [0, 0.1) is 13.8 Å². The van der Waals surface area contributed by atoms with E-state index < -0.39 is 0 Å². The number of hydrogen-bond acceptors (Lipinski definition) is 2. The van der Waals surface area contributed by atoms with Crippen LogP contribution in [0.15, 0.2) is 72.9 Å². The zero-order valence-electron chi connectivity index (χ0n) is 13.8. The van der Waals surface area contributed by atoms with Gasteiger partial charge in [-0.3, -0.25) is 9.97 Å². The highest BCUT2D eigenvalue weighted by molar-refractivity contribution is 5.87. The van der Waals surface area contributed by atoms with E-state index in [2.05, 4.69) is 76.7 Å². The van der Waals surface area contributed by atoms with Gasteiger partial charge in [0.05, 0.1) is 17.1 Å². The first-order valence-electron chi connectivity index (χ1n) is 8.10. The van der Waals surface area contributed by atoms with Crippen molar-refractivity contribution in [2.75, 3.05) is 0 Å². The van der Waals surface area contributed by atoms with Crippen molar-refractivity contribution in [2.45, 2.75) is 13.8 Å². The topological polar surface area (TPSA) is 25.8 Å². The molecule has 4 aromatic rings. The second kappa shape index (κ2) is 5.89. The molecule has 2 heteroatoms. The lowest BCUT2D eigenvalue weighted by molar-refractivity contribution is 1.06. The summed E-state index contributed by atoms with van der Waals surface area (Å²) in [5, 5.41) is 2.53. The second-order valence-corrected chi connectivity index (χ2v) is 6.08. The van der Waals surface area contributed by atoms with E-state index in [4.69, 9.17) is 0 Å². The molecule has 0 saturated heterocycles. The number of fused-ring (bicyclic) bond motifs is 1. The Morgan fingerprint density at radius 2 is 1.33 bits per heavy atom. The van der Waals surface area contributed by atoms with Gasteiger partial charge >= 0.3 is 0 Å². The average Bonchev–Trinajstić information content (AvgIpc) is 2.62. The fourth-order valence-electron chi connectivity index (χ4n) is 3.07. The van der Waals surface area contributed by atoms with E-state index in [-0.39, 0.29) is 0 Å². The van der Waals surface area contributed by atoms with Crippen molar-refractivity contribution in [1.29, 1.82) is 0 Å². The number of benzene rings is 3. The molecule has 0 atom stereocenters. The van der Waals surface area contributed by atoms with Gasteiger partial charge in [-0.1, -0.05) is 60.7 Å². The van der Waals surface area contributed by atoms with Crippen LogP contribution in [-0.4, -0.2) is 9.97 Å². The van der Waals surface area contributed by atoms with Gasteiger partial charge in [-0.05, 0) is 41.8 Å². The molecule has 0 saturated carbocycles. The summed E-state index contributed by atoms with van der Waals surface area (Å²) in [6.07, 6.45) is 1.82. The van der Waals surface area contributed by atoms with Gasteiger partial charge < -0.3 is 0 Å². The first kappa shape index (κ1) is 14.6. The minimum Gasteiger partial charge on any atom is -0.255 e. The number of rotatable bonds is 2. The molecule has 4 rings (SSSR count). The average molecular weight is 310 g/mol. The standard InChI is InChI=1S/C22H18N2/c1-15-14-23-22(16(2)24-15)19-10-7-18(8-11-19)21-12-9-17-5-3-4-6-20(17)13-21/h3-14H,1-2H3. The van der Waals surface area contributed by atoms with Gasteiger partial charge in [0.2, 0.25) is 0 Å². The minimum absolute atomic E-state index is 0.948. The van der Waals surface area contributed by atoms with E-state index in [1.165, 1.54) is 21.9 Å². The lowest BCUT2D eigenvalue weighted by Gasteiger charge is -2.08. The van der Waals surface area contributed by atoms with Crippen LogP contribution in [-0.2, 0) is 0 Å². The maximum Gasteiger partial charge on any atom is 0.0914 e. The summed E-state index contributed by atoms with van der Waals surface area (Å²) in [4.78, 5) is 9.03. The molecule has 0 aliphatic carbocycles. The normalized spacial score (nSPS) is 10.9. The summed E-state index contributed by atoms with van der Waals surface area (Å²) in [5.74, 6) is 0. The quantitative estimate of drug-likeness (QED) is 0.483. The second-order valence-electron chi connectivity index (χ2n) is 6.08. The molecule has 2 nitrogen and oxygen atoms in total. The molecule has 3 aromatic carbocycles. The SMILES string of the molecule is Cc1cnc(-c2ccc(-c3ccc4ccccc4c3)cc2)c(C)n1. The zero-order chi connectivity index (χ0) is 16.5. The summed E-state index contributed by atoms with van der Waals surface area (Å²) in [6, 6.07) is 23.6. The molecule has 0 unspecified atom stereocenters. The van der Waals surface area contributed by atoms with Gasteiger partial charge in [0.25, 0.3) is 0 Å². The molecule has 0 fully saturated rings. The van der Waals surface area contributed by atoms with E-state index in [1.807, 2.05) is 20.0 Å². The molecule has 0 aliphatic heterocycles. The lowest BCUT2D eigenvalue weighted by Crippen LogP contribution is -1.94. The molecule has 0 N–H and O–H groups in total. The van der Waals surface area contributed by atoms with Crippen molar-refractivity contribution in [3.05, 3.63) is 84.3 Å². The van der Waals surface area contributed by atoms with Crippen LogP contribution in [0.2, 0.25) is 0 Å². The van der Waals surface area contributed by atoms with Gasteiger partial charge in [-0.2, -0.15) is 0 Å². The number of aromatic nitrogens is 2. The number of aryl methyl sites for hydroxylation is 2. The zero-order valence-corrected chi connectivity index (χ0v) is 13.8. The Balaban J connectivity index is 1.72. The van der Waals surface area contributed by atoms with Crippen molar-refractivity contribution < 1.29 is 0 Å². The largest absolute Gasteiger partial charge is 0.255 e. The Labute approximate surface area is 141 Å². The molecule has 0 spiro atoms. The Hall–Kier alpha value is -3.00. The molecular weight excluding hydrogens is 292 g/mol. The molecule has 24 heavy (non-hydrogen) atoms. The maximum absolute atomic E-state index is 4.53. The first-order valence-corrected chi connectivity index (χ1v) is 8.10. The predicted octanol–water partition coefficient (Wildman–Crippen LogP) is 5.58.